The maximum Gasteiger partial charge on any atom is 0.387 e. The van der Waals surface area contributed by atoms with Crippen molar-refractivity contribution >= 4 is 17.4 Å². The number of benzene rings is 2. The van der Waals surface area contributed by atoms with E-state index >= 15 is 0 Å². The average Bonchev–Trinajstić information content (AvgIpc) is 2.61. The van der Waals surface area contributed by atoms with Crippen LogP contribution in [0.4, 0.5) is 28.9 Å². The fraction of sp³-hybridized carbons (Fsp3) is 0.278. The summed E-state index contributed by atoms with van der Waals surface area (Å²) in [4.78, 5) is 3.94. The molecule has 144 valence electrons. The molecule has 1 aliphatic heterocycles. The SMILES string of the molecule is CC1(c2cc(Nc3ccccc3OC(F)F)ccc2F)N=C(N)OCC1F. The fourth-order valence-corrected chi connectivity index (χ4v) is 2.80. The van der Waals surface area contributed by atoms with E-state index in [-0.39, 0.29) is 29.6 Å². The van der Waals surface area contributed by atoms with Gasteiger partial charge in [0.2, 0.25) is 0 Å². The maximum absolute atomic E-state index is 14.5. The molecule has 0 aliphatic carbocycles. The Labute approximate surface area is 152 Å². The predicted octanol–water partition coefficient (Wildman–Crippen LogP) is 4.07. The van der Waals surface area contributed by atoms with Gasteiger partial charge in [0.25, 0.3) is 6.02 Å². The molecule has 2 aromatic carbocycles. The molecule has 0 radical (unpaired) electrons. The summed E-state index contributed by atoms with van der Waals surface area (Å²) < 4.78 is 63.3. The molecule has 3 rings (SSSR count). The molecule has 0 aromatic heterocycles. The fourth-order valence-electron chi connectivity index (χ4n) is 2.80. The van der Waals surface area contributed by atoms with Crippen molar-refractivity contribution in [3.63, 3.8) is 0 Å². The van der Waals surface area contributed by atoms with Gasteiger partial charge >= 0.3 is 6.61 Å². The molecule has 0 bridgehead atoms. The molecule has 27 heavy (non-hydrogen) atoms. The Kier molecular flexibility index (Phi) is 5.11. The van der Waals surface area contributed by atoms with Gasteiger partial charge in [-0.1, -0.05) is 12.1 Å². The number of nitrogens with one attached hydrogen (secondary N) is 1. The Balaban J connectivity index is 1.97. The summed E-state index contributed by atoms with van der Waals surface area (Å²) in [5.41, 5.74) is 4.48. The van der Waals surface area contributed by atoms with Gasteiger partial charge in [-0.25, -0.2) is 13.8 Å². The molecule has 0 fully saturated rings. The Morgan fingerprint density at radius 1 is 1.30 bits per heavy atom. The second-order valence-electron chi connectivity index (χ2n) is 6.07. The van der Waals surface area contributed by atoms with Crippen LogP contribution in [0.3, 0.4) is 0 Å². The summed E-state index contributed by atoms with van der Waals surface area (Å²) >= 11 is 0. The van der Waals surface area contributed by atoms with E-state index in [0.29, 0.717) is 5.69 Å². The van der Waals surface area contributed by atoms with Crippen LogP contribution in [0.25, 0.3) is 0 Å². The van der Waals surface area contributed by atoms with Crippen LogP contribution in [0.2, 0.25) is 0 Å². The smallest absolute Gasteiger partial charge is 0.387 e. The van der Waals surface area contributed by atoms with Crippen LogP contribution < -0.4 is 15.8 Å². The lowest BCUT2D eigenvalue weighted by Crippen LogP contribution is -2.43. The first kappa shape index (κ1) is 18.8. The molecule has 2 atom stereocenters. The minimum Gasteiger partial charge on any atom is -0.462 e. The van der Waals surface area contributed by atoms with E-state index in [9.17, 15) is 17.6 Å². The van der Waals surface area contributed by atoms with Crippen LogP contribution in [0.15, 0.2) is 47.5 Å². The van der Waals surface area contributed by atoms with Crippen molar-refractivity contribution < 1.29 is 27.0 Å². The van der Waals surface area contributed by atoms with E-state index in [4.69, 9.17) is 10.5 Å². The number of aliphatic imine (C=N–C) groups is 1. The third kappa shape index (κ3) is 3.91. The lowest BCUT2D eigenvalue weighted by atomic mass is 9.86. The highest BCUT2D eigenvalue weighted by atomic mass is 19.3. The normalized spacial score (nSPS) is 22.1. The summed E-state index contributed by atoms with van der Waals surface area (Å²) in [5, 5.41) is 2.87. The number of halogens is 4. The van der Waals surface area contributed by atoms with Gasteiger partial charge in [-0.05, 0) is 37.3 Å². The second kappa shape index (κ2) is 7.34. The van der Waals surface area contributed by atoms with E-state index in [1.165, 1.54) is 37.3 Å². The van der Waals surface area contributed by atoms with E-state index in [1.54, 1.807) is 6.07 Å². The second-order valence-corrected chi connectivity index (χ2v) is 6.07. The third-order valence-corrected chi connectivity index (χ3v) is 4.22. The molecule has 2 aromatic rings. The summed E-state index contributed by atoms with van der Waals surface area (Å²) in [7, 11) is 0. The van der Waals surface area contributed by atoms with Gasteiger partial charge in [-0.3, -0.25) is 0 Å². The van der Waals surface area contributed by atoms with Crippen LogP contribution in [-0.4, -0.2) is 25.4 Å². The van der Waals surface area contributed by atoms with Gasteiger partial charge in [-0.15, -0.1) is 0 Å². The Hall–Kier alpha value is -2.97. The number of rotatable bonds is 5. The van der Waals surface area contributed by atoms with Gasteiger partial charge in [0.05, 0.1) is 5.69 Å². The molecule has 0 amide bonds. The Morgan fingerprint density at radius 3 is 2.78 bits per heavy atom. The largest absolute Gasteiger partial charge is 0.462 e. The molecule has 1 aliphatic rings. The first-order valence-corrected chi connectivity index (χ1v) is 8.02. The summed E-state index contributed by atoms with van der Waals surface area (Å²) in [5.74, 6) is -0.762. The topological polar surface area (TPSA) is 68.9 Å². The zero-order valence-electron chi connectivity index (χ0n) is 14.3. The number of hydrogen-bond acceptors (Lipinski definition) is 5. The predicted molar refractivity (Wildman–Crippen MR) is 92.6 cm³/mol. The van der Waals surface area contributed by atoms with Gasteiger partial charge in [0.1, 0.15) is 23.7 Å². The van der Waals surface area contributed by atoms with Gasteiger partial charge in [0.15, 0.2) is 6.17 Å². The first-order valence-electron chi connectivity index (χ1n) is 8.02. The lowest BCUT2D eigenvalue weighted by Gasteiger charge is -2.33. The molecular weight excluding hydrogens is 366 g/mol. The van der Waals surface area contributed by atoms with Crippen molar-refractivity contribution in [1.29, 1.82) is 0 Å². The minimum absolute atomic E-state index is 0.0430. The lowest BCUT2D eigenvalue weighted by molar-refractivity contribution is -0.0493. The Bertz CT molecular complexity index is 862. The van der Waals surface area contributed by atoms with Gasteiger partial charge in [0, 0.05) is 11.3 Å². The number of hydrogen-bond donors (Lipinski definition) is 2. The van der Waals surface area contributed by atoms with Crippen LogP contribution in [-0.2, 0) is 10.3 Å². The molecule has 0 saturated heterocycles. The van der Waals surface area contributed by atoms with Crippen molar-refractivity contribution in [2.45, 2.75) is 25.2 Å². The third-order valence-electron chi connectivity index (χ3n) is 4.22. The zero-order chi connectivity index (χ0) is 19.6. The molecule has 1 heterocycles. The summed E-state index contributed by atoms with van der Waals surface area (Å²) in [6.07, 6.45) is -1.62. The van der Waals surface area contributed by atoms with Crippen molar-refractivity contribution in [1.82, 2.24) is 0 Å². The molecule has 2 unspecified atom stereocenters. The monoisotopic (exact) mass is 383 g/mol. The molecule has 5 nitrogen and oxygen atoms in total. The minimum atomic E-state index is -3.00. The highest BCUT2D eigenvalue weighted by Crippen LogP contribution is 2.38. The van der Waals surface area contributed by atoms with Crippen LogP contribution >= 0.6 is 0 Å². The number of amidine groups is 1. The molecule has 0 spiro atoms. The maximum atomic E-state index is 14.5. The first-order chi connectivity index (χ1) is 12.8. The standard InChI is InChI=1S/C18H17F4N3O2/c1-18(15(20)9-26-17(23)25-18)11-8-10(6-7-12(11)19)24-13-4-2-3-5-14(13)27-16(21)22/h2-8,15-16,24H,9H2,1H3,(H2,23,25). The average molecular weight is 383 g/mol. The zero-order valence-corrected chi connectivity index (χ0v) is 14.3. The summed E-state index contributed by atoms with van der Waals surface area (Å²) in [6, 6.07) is 9.67. The number of ether oxygens (including phenoxy) is 2. The van der Waals surface area contributed by atoms with E-state index < -0.39 is 24.1 Å². The number of nitrogens with zero attached hydrogens (tertiary/aromatic N) is 1. The molecule has 9 heteroatoms. The molecule has 0 saturated carbocycles. The highest BCUT2D eigenvalue weighted by molar-refractivity contribution is 5.73. The van der Waals surface area contributed by atoms with E-state index in [1.807, 2.05) is 0 Å². The number of anilines is 2. The van der Waals surface area contributed by atoms with Crippen LogP contribution in [0, 0.1) is 5.82 Å². The number of para-hydroxylation sites is 2. The van der Waals surface area contributed by atoms with Crippen LogP contribution in [0.1, 0.15) is 12.5 Å². The van der Waals surface area contributed by atoms with Crippen molar-refractivity contribution in [3.8, 4) is 5.75 Å². The van der Waals surface area contributed by atoms with E-state index in [2.05, 4.69) is 15.0 Å². The van der Waals surface area contributed by atoms with Gasteiger partial charge in [-0.2, -0.15) is 8.78 Å². The van der Waals surface area contributed by atoms with Crippen LogP contribution in [0.5, 0.6) is 5.75 Å². The highest BCUT2D eigenvalue weighted by Gasteiger charge is 2.42. The molecular formula is C18H17F4N3O2. The number of alkyl halides is 3. The number of nitrogens with two attached hydrogens (primary N) is 1. The van der Waals surface area contributed by atoms with Crippen molar-refractivity contribution in [2.75, 3.05) is 11.9 Å². The van der Waals surface area contributed by atoms with E-state index in [0.717, 1.165) is 6.07 Å². The Morgan fingerprint density at radius 2 is 2.04 bits per heavy atom. The van der Waals surface area contributed by atoms with Crippen molar-refractivity contribution in [3.05, 3.63) is 53.8 Å². The molecule has 3 N–H and O–H groups in total. The quantitative estimate of drug-likeness (QED) is 0.764. The van der Waals surface area contributed by atoms with Gasteiger partial charge < -0.3 is 20.5 Å². The van der Waals surface area contributed by atoms with Crippen molar-refractivity contribution in [2.24, 2.45) is 10.7 Å². The summed E-state index contributed by atoms with van der Waals surface area (Å²) in [6.45, 7) is -1.95.